The van der Waals surface area contributed by atoms with Gasteiger partial charge in [0.25, 0.3) is 0 Å². The molecule has 0 spiro atoms. The Bertz CT molecular complexity index is 943. The van der Waals surface area contributed by atoms with Crippen LogP contribution < -0.4 is 4.90 Å². The van der Waals surface area contributed by atoms with Gasteiger partial charge in [-0.2, -0.15) is 5.10 Å². The molecule has 2 aromatic heterocycles. The number of imidazole rings is 1. The number of nitrogens with zero attached hydrogens (tertiary/aromatic N) is 5. The first-order valence-electron chi connectivity index (χ1n) is 9.34. The molecule has 1 saturated carbocycles. The number of hydrogen-bond acceptors (Lipinski definition) is 8. The van der Waals surface area contributed by atoms with Crippen LogP contribution in [0.2, 0.25) is 0 Å². The minimum Gasteiger partial charge on any atom is -0.384 e. The molecule has 1 aliphatic carbocycles. The third-order valence-corrected chi connectivity index (χ3v) is 6.18. The van der Waals surface area contributed by atoms with Gasteiger partial charge in [-0.05, 0) is 19.3 Å². The van der Waals surface area contributed by atoms with E-state index in [9.17, 15) is 9.67 Å². The quantitative estimate of drug-likeness (QED) is 0.584. The maximum absolute atomic E-state index is 11.0. The van der Waals surface area contributed by atoms with Crippen molar-refractivity contribution in [2.24, 2.45) is 0 Å². The molecule has 12 heteroatoms. The lowest BCUT2D eigenvalue weighted by Gasteiger charge is -2.27. The van der Waals surface area contributed by atoms with Crippen LogP contribution in [0.25, 0.3) is 5.65 Å². The Kier molecular flexibility index (Phi) is 4.24. The molecule has 2 aliphatic heterocycles. The minimum atomic E-state index is -4.29. The second-order valence-corrected chi connectivity index (χ2v) is 9.26. The van der Waals surface area contributed by atoms with Crippen LogP contribution in [0.1, 0.15) is 37.5 Å². The number of aliphatic hydroxyl groups is 1. The maximum atomic E-state index is 11.0. The van der Waals surface area contributed by atoms with Gasteiger partial charge in [-0.3, -0.25) is 4.57 Å². The van der Waals surface area contributed by atoms with Crippen LogP contribution in [-0.4, -0.2) is 71.7 Å². The van der Waals surface area contributed by atoms with Gasteiger partial charge >= 0.3 is 7.60 Å². The van der Waals surface area contributed by atoms with Crippen molar-refractivity contribution in [1.82, 2.24) is 19.6 Å². The SMILES string of the molecule is O=P(O)(O)COC1[C@H]2O[C@@H](c3cnc4c(N5CCCCC5)ncnn34)C[C@@]12O. The molecule has 152 valence electrons. The number of rotatable bonds is 5. The van der Waals surface area contributed by atoms with Gasteiger partial charge in [-0.25, -0.2) is 14.5 Å². The van der Waals surface area contributed by atoms with Crippen molar-refractivity contribution in [3.8, 4) is 0 Å². The van der Waals surface area contributed by atoms with Crippen LogP contribution in [-0.2, 0) is 14.0 Å². The van der Waals surface area contributed by atoms with Crippen molar-refractivity contribution in [3.05, 3.63) is 18.2 Å². The first kappa shape index (κ1) is 18.4. The molecule has 2 aromatic rings. The van der Waals surface area contributed by atoms with Crippen LogP contribution >= 0.6 is 7.60 Å². The van der Waals surface area contributed by atoms with Gasteiger partial charge in [0.15, 0.2) is 11.5 Å². The Labute approximate surface area is 160 Å². The fourth-order valence-electron chi connectivity index (χ4n) is 4.26. The summed E-state index contributed by atoms with van der Waals surface area (Å²) in [6.45, 7) is 1.88. The van der Waals surface area contributed by atoms with Gasteiger partial charge in [0.1, 0.15) is 36.6 Å². The van der Waals surface area contributed by atoms with E-state index < -0.39 is 37.9 Å². The van der Waals surface area contributed by atoms with Gasteiger partial charge in [0.2, 0.25) is 0 Å². The number of piperidine rings is 1. The van der Waals surface area contributed by atoms with Crippen molar-refractivity contribution < 1.29 is 28.9 Å². The Morgan fingerprint density at radius 3 is 2.75 bits per heavy atom. The van der Waals surface area contributed by atoms with Crippen molar-refractivity contribution in [2.45, 2.75) is 49.6 Å². The van der Waals surface area contributed by atoms with Crippen molar-refractivity contribution in [3.63, 3.8) is 0 Å². The molecule has 1 unspecified atom stereocenters. The molecule has 0 aromatic carbocycles. The summed E-state index contributed by atoms with van der Waals surface area (Å²) in [5.74, 6) is 0.797. The van der Waals surface area contributed by atoms with E-state index in [2.05, 4.69) is 20.0 Å². The van der Waals surface area contributed by atoms with Crippen molar-refractivity contribution >= 4 is 19.1 Å². The number of anilines is 1. The molecule has 11 nitrogen and oxygen atoms in total. The zero-order valence-corrected chi connectivity index (χ0v) is 16.0. The van der Waals surface area contributed by atoms with Gasteiger partial charge in [-0.15, -0.1) is 0 Å². The molecule has 5 rings (SSSR count). The summed E-state index contributed by atoms with van der Waals surface area (Å²) in [6.07, 6.45) is 4.41. The van der Waals surface area contributed by atoms with Gasteiger partial charge in [0.05, 0.1) is 11.9 Å². The normalized spacial score (nSPS) is 32.7. The van der Waals surface area contributed by atoms with Crippen LogP contribution in [0.3, 0.4) is 0 Å². The lowest BCUT2D eigenvalue weighted by Crippen LogP contribution is -2.30. The van der Waals surface area contributed by atoms with Crippen molar-refractivity contribution in [1.29, 1.82) is 0 Å². The summed E-state index contributed by atoms with van der Waals surface area (Å²) in [5.41, 5.74) is 0.127. The minimum absolute atomic E-state index is 0.250. The average Bonchev–Trinajstić information content (AvgIpc) is 3.00. The summed E-state index contributed by atoms with van der Waals surface area (Å²) in [4.78, 5) is 29.0. The highest BCUT2D eigenvalue weighted by Crippen LogP contribution is 2.57. The lowest BCUT2D eigenvalue weighted by atomic mass is 10.1. The van der Waals surface area contributed by atoms with E-state index in [4.69, 9.17) is 19.3 Å². The summed E-state index contributed by atoms with van der Waals surface area (Å²) >= 11 is 0. The summed E-state index contributed by atoms with van der Waals surface area (Å²) < 4.78 is 23.7. The van der Waals surface area contributed by atoms with E-state index in [1.54, 1.807) is 10.7 Å². The van der Waals surface area contributed by atoms with Crippen LogP contribution in [0, 0.1) is 0 Å². The molecule has 3 aliphatic rings. The van der Waals surface area contributed by atoms with Crippen molar-refractivity contribution in [2.75, 3.05) is 24.3 Å². The second-order valence-electron chi connectivity index (χ2n) is 7.67. The van der Waals surface area contributed by atoms with E-state index in [-0.39, 0.29) is 6.42 Å². The molecule has 28 heavy (non-hydrogen) atoms. The number of ether oxygens (including phenoxy) is 2. The molecule has 3 N–H and O–H groups in total. The molecule has 4 heterocycles. The topological polar surface area (TPSA) is 143 Å². The zero-order valence-electron chi connectivity index (χ0n) is 15.1. The standard InChI is InChI=1S/C16H22N5O6P/c22-16-6-11(27-13(16)12(16)26-9-28(23,24)25)10-7-17-15-14(18-8-19-21(10)15)20-4-2-1-3-5-20/h7-8,11-13,22H,1-6,9H2,(H2,23,24,25)/t11-,12?,13-,16-/m1/s1. The molecule has 0 bridgehead atoms. The maximum Gasteiger partial charge on any atom is 0.350 e. The van der Waals surface area contributed by atoms with E-state index in [1.807, 2.05) is 0 Å². The Balaban J connectivity index is 1.34. The fraction of sp³-hybridized carbons (Fsp3) is 0.688. The number of fused-ring (bicyclic) bond motifs is 2. The lowest BCUT2D eigenvalue weighted by molar-refractivity contribution is -0.00572. The van der Waals surface area contributed by atoms with Gasteiger partial charge in [0, 0.05) is 19.5 Å². The predicted octanol–water partition coefficient (Wildman–Crippen LogP) is 0.210. The van der Waals surface area contributed by atoms with E-state index in [1.165, 1.54) is 12.7 Å². The smallest absolute Gasteiger partial charge is 0.350 e. The highest BCUT2D eigenvalue weighted by molar-refractivity contribution is 7.51. The van der Waals surface area contributed by atoms with E-state index >= 15 is 0 Å². The fourth-order valence-corrected chi connectivity index (χ4v) is 4.61. The highest BCUT2D eigenvalue weighted by Gasteiger charge is 2.72. The zero-order chi connectivity index (χ0) is 19.5. The molecule has 0 amide bonds. The van der Waals surface area contributed by atoms with Gasteiger partial charge in [-0.1, -0.05) is 0 Å². The Morgan fingerprint density at radius 2 is 2.07 bits per heavy atom. The largest absolute Gasteiger partial charge is 0.384 e. The summed E-state index contributed by atoms with van der Waals surface area (Å²) in [7, 11) is -4.29. The van der Waals surface area contributed by atoms with E-state index in [0.717, 1.165) is 31.7 Å². The number of aromatic nitrogens is 4. The van der Waals surface area contributed by atoms with Crippen LogP contribution in [0.15, 0.2) is 12.5 Å². The molecular formula is C16H22N5O6P. The first-order valence-corrected chi connectivity index (χ1v) is 11.1. The molecular weight excluding hydrogens is 389 g/mol. The van der Waals surface area contributed by atoms with E-state index in [0.29, 0.717) is 11.3 Å². The molecule has 3 fully saturated rings. The number of hydrogen-bond donors (Lipinski definition) is 3. The van der Waals surface area contributed by atoms with Gasteiger partial charge < -0.3 is 29.3 Å². The van der Waals surface area contributed by atoms with Crippen LogP contribution in [0.5, 0.6) is 0 Å². The third kappa shape index (κ3) is 3.02. The highest BCUT2D eigenvalue weighted by atomic mass is 31.2. The molecule has 0 radical (unpaired) electrons. The monoisotopic (exact) mass is 411 g/mol. The average molecular weight is 411 g/mol. The predicted molar refractivity (Wildman–Crippen MR) is 95.8 cm³/mol. The Hall–Kier alpha value is -1.62. The summed E-state index contributed by atoms with van der Waals surface area (Å²) in [6, 6.07) is 0. The molecule has 4 atom stereocenters. The second kappa shape index (κ2) is 6.45. The third-order valence-electron chi connectivity index (χ3n) is 5.69. The summed E-state index contributed by atoms with van der Waals surface area (Å²) in [5, 5.41) is 15.0. The Morgan fingerprint density at radius 1 is 1.29 bits per heavy atom. The molecule has 2 saturated heterocycles. The van der Waals surface area contributed by atoms with Crippen LogP contribution in [0.4, 0.5) is 5.82 Å². The first-order chi connectivity index (χ1) is 13.4.